The van der Waals surface area contributed by atoms with Gasteiger partial charge in [-0.3, -0.25) is 0 Å². The lowest BCUT2D eigenvalue weighted by atomic mass is 9.79. The third-order valence-corrected chi connectivity index (χ3v) is 8.14. The van der Waals surface area contributed by atoms with Crippen LogP contribution in [0, 0.1) is 23.2 Å². The lowest BCUT2D eigenvalue weighted by Crippen LogP contribution is -2.19. The summed E-state index contributed by atoms with van der Waals surface area (Å²) in [6.45, 7) is 4.66. The first-order chi connectivity index (χ1) is 17.6. The molecule has 2 heterocycles. The van der Waals surface area contributed by atoms with E-state index in [1.807, 2.05) is 12.1 Å². The molecule has 0 aliphatic heterocycles. The van der Waals surface area contributed by atoms with Crippen LogP contribution in [0.5, 0.6) is 0 Å². The van der Waals surface area contributed by atoms with Gasteiger partial charge in [0.25, 0.3) is 0 Å². The summed E-state index contributed by atoms with van der Waals surface area (Å²) in [6.07, 6.45) is 1.99. The average molecular weight is 467 g/mol. The molecule has 3 nitrogen and oxygen atoms in total. The molecule has 174 valence electrons. The first-order valence-electron chi connectivity index (χ1n) is 12.7. The van der Waals surface area contributed by atoms with Crippen LogP contribution in [0.2, 0.25) is 0 Å². The van der Waals surface area contributed by atoms with Gasteiger partial charge in [-0.25, -0.2) is 0 Å². The Morgan fingerprint density at radius 1 is 0.778 bits per heavy atom. The van der Waals surface area contributed by atoms with Crippen molar-refractivity contribution < 1.29 is 4.42 Å². The van der Waals surface area contributed by atoms with Gasteiger partial charge in [0, 0.05) is 33.7 Å². The summed E-state index contributed by atoms with van der Waals surface area (Å²) >= 11 is 0. The molecule has 3 heteroatoms. The van der Waals surface area contributed by atoms with Crippen LogP contribution in [-0.2, 0) is 12.8 Å². The molecule has 1 aliphatic carbocycles. The van der Waals surface area contributed by atoms with Crippen LogP contribution in [0.4, 0.5) is 0 Å². The second kappa shape index (κ2) is 7.86. The lowest BCUT2D eigenvalue weighted by Gasteiger charge is -2.25. The number of aromatic nitrogens is 1. The number of rotatable bonds is 2. The Morgan fingerprint density at radius 3 is 2.19 bits per heavy atom. The Morgan fingerprint density at radius 2 is 1.47 bits per heavy atom. The molecule has 0 fully saturated rings. The summed E-state index contributed by atoms with van der Waals surface area (Å²) in [5.41, 5.74) is 8.52. The van der Waals surface area contributed by atoms with Gasteiger partial charge >= 0.3 is 0 Å². The molecule has 36 heavy (non-hydrogen) atoms. The van der Waals surface area contributed by atoms with Crippen LogP contribution < -0.4 is 0 Å². The van der Waals surface area contributed by atoms with Crippen molar-refractivity contribution in [3.63, 3.8) is 0 Å². The van der Waals surface area contributed by atoms with Crippen LogP contribution in [0.25, 0.3) is 49.6 Å². The molecule has 2 unspecified atom stereocenters. The van der Waals surface area contributed by atoms with Gasteiger partial charge in [0.15, 0.2) is 0 Å². The summed E-state index contributed by atoms with van der Waals surface area (Å²) < 4.78 is 8.77. The molecule has 0 N–H and O–H groups in total. The largest absolute Gasteiger partial charge is 0.461 e. The minimum Gasteiger partial charge on any atom is -0.461 e. The van der Waals surface area contributed by atoms with Crippen LogP contribution in [0.15, 0.2) is 89.3 Å². The first kappa shape index (κ1) is 21.0. The van der Waals surface area contributed by atoms with Crippen molar-refractivity contribution in [2.24, 2.45) is 11.8 Å². The predicted molar refractivity (Wildman–Crippen MR) is 146 cm³/mol. The summed E-state index contributed by atoms with van der Waals surface area (Å²) in [4.78, 5) is 0. The van der Waals surface area contributed by atoms with Crippen molar-refractivity contribution >= 4 is 32.8 Å². The molecule has 0 spiro atoms. The molecule has 0 radical (unpaired) electrons. The van der Waals surface area contributed by atoms with Gasteiger partial charge < -0.3 is 8.98 Å². The predicted octanol–water partition coefficient (Wildman–Crippen LogP) is 8.44. The number of para-hydroxylation sites is 2. The Labute approximate surface area is 210 Å². The van der Waals surface area contributed by atoms with E-state index >= 15 is 0 Å². The Balaban J connectivity index is 1.58. The van der Waals surface area contributed by atoms with Crippen molar-refractivity contribution in [2.45, 2.75) is 26.7 Å². The molecular formula is C33H26N2O. The van der Waals surface area contributed by atoms with Gasteiger partial charge in [0.05, 0.1) is 28.4 Å². The summed E-state index contributed by atoms with van der Waals surface area (Å²) in [5, 5.41) is 13.5. The number of nitriles is 1. The maximum Gasteiger partial charge on any atom is 0.135 e. The standard InChI is InChI=1S/C33H26N2O/c1-20-16-27-32(17-21(20)2)36-31-13-7-10-25(33(27)31)26-18-22(19-34)14-15-30(26)35-28-11-5-3-8-23(28)24-9-4-6-12-29(24)35/h3-15,18,20-21H,16-17H2,1-2H3. The Bertz CT molecular complexity index is 1790. The van der Waals surface area contributed by atoms with Crippen LogP contribution in [0.3, 0.4) is 0 Å². The van der Waals surface area contributed by atoms with Crippen molar-refractivity contribution in [3.05, 3.63) is 102 Å². The van der Waals surface area contributed by atoms with Crippen LogP contribution in [0.1, 0.15) is 30.7 Å². The molecule has 0 saturated carbocycles. The normalized spacial score (nSPS) is 17.5. The summed E-state index contributed by atoms with van der Waals surface area (Å²) in [5.74, 6) is 2.34. The number of fused-ring (bicyclic) bond motifs is 6. The van der Waals surface area contributed by atoms with Gasteiger partial charge in [0.1, 0.15) is 11.3 Å². The molecule has 1 aliphatic rings. The second-order valence-corrected chi connectivity index (χ2v) is 10.3. The third-order valence-electron chi connectivity index (χ3n) is 8.14. The number of furan rings is 1. The van der Waals surface area contributed by atoms with E-state index in [1.165, 1.54) is 21.7 Å². The molecule has 4 aromatic carbocycles. The number of benzene rings is 4. The van der Waals surface area contributed by atoms with E-state index in [2.05, 4.69) is 97.3 Å². The highest BCUT2D eigenvalue weighted by Gasteiger charge is 2.29. The lowest BCUT2D eigenvalue weighted by molar-refractivity contribution is 0.330. The quantitative estimate of drug-likeness (QED) is 0.257. The van der Waals surface area contributed by atoms with Gasteiger partial charge in [-0.15, -0.1) is 0 Å². The fourth-order valence-corrected chi connectivity index (χ4v) is 6.08. The summed E-state index contributed by atoms with van der Waals surface area (Å²) in [6, 6.07) is 31.9. The van der Waals surface area contributed by atoms with E-state index in [1.54, 1.807) is 0 Å². The Hall–Kier alpha value is -4.29. The molecule has 0 saturated heterocycles. The monoisotopic (exact) mass is 466 g/mol. The van der Waals surface area contributed by atoms with Gasteiger partial charge in [-0.05, 0) is 60.2 Å². The fourth-order valence-electron chi connectivity index (χ4n) is 6.08. The highest BCUT2D eigenvalue weighted by atomic mass is 16.3. The van der Waals surface area contributed by atoms with Crippen LogP contribution in [-0.4, -0.2) is 4.57 Å². The van der Waals surface area contributed by atoms with E-state index in [-0.39, 0.29) is 0 Å². The first-order valence-corrected chi connectivity index (χ1v) is 12.7. The van der Waals surface area contributed by atoms with Gasteiger partial charge in [-0.1, -0.05) is 62.4 Å². The molecule has 6 aromatic rings. The number of nitrogens with zero attached hydrogens (tertiary/aromatic N) is 2. The van der Waals surface area contributed by atoms with E-state index in [4.69, 9.17) is 4.42 Å². The SMILES string of the molecule is CC1Cc2oc3cccc(-c4cc(C#N)ccc4-n4c5ccccc5c5ccccc54)c3c2CC1C. The highest BCUT2D eigenvalue weighted by Crippen LogP contribution is 2.43. The van der Waals surface area contributed by atoms with E-state index < -0.39 is 0 Å². The Kier molecular flexibility index (Phi) is 4.59. The fraction of sp³-hybridized carbons (Fsp3) is 0.182. The molecular weight excluding hydrogens is 440 g/mol. The minimum atomic E-state index is 0.605. The highest BCUT2D eigenvalue weighted by molar-refractivity contribution is 6.10. The smallest absolute Gasteiger partial charge is 0.135 e. The topological polar surface area (TPSA) is 41.9 Å². The van der Waals surface area contributed by atoms with E-state index in [0.29, 0.717) is 17.4 Å². The third kappa shape index (κ3) is 2.98. The molecule has 7 rings (SSSR count). The second-order valence-electron chi connectivity index (χ2n) is 10.3. The van der Waals surface area contributed by atoms with Crippen LogP contribution >= 0.6 is 0 Å². The van der Waals surface area contributed by atoms with Gasteiger partial charge in [0.2, 0.25) is 0 Å². The van der Waals surface area contributed by atoms with Crippen molar-refractivity contribution in [1.29, 1.82) is 5.26 Å². The van der Waals surface area contributed by atoms with Crippen molar-refractivity contribution in [2.75, 3.05) is 0 Å². The maximum atomic E-state index is 9.83. The maximum absolute atomic E-state index is 9.83. The molecule has 2 aromatic heterocycles. The molecule has 0 bridgehead atoms. The average Bonchev–Trinajstić information content (AvgIpc) is 3.44. The van der Waals surface area contributed by atoms with E-state index in [0.717, 1.165) is 52.0 Å². The molecule has 0 amide bonds. The number of hydrogen-bond acceptors (Lipinski definition) is 2. The minimum absolute atomic E-state index is 0.605. The zero-order chi connectivity index (χ0) is 24.4. The zero-order valence-electron chi connectivity index (χ0n) is 20.5. The zero-order valence-corrected chi connectivity index (χ0v) is 20.5. The van der Waals surface area contributed by atoms with Gasteiger partial charge in [-0.2, -0.15) is 5.26 Å². The van der Waals surface area contributed by atoms with Crippen molar-refractivity contribution in [1.82, 2.24) is 4.57 Å². The number of hydrogen-bond donors (Lipinski definition) is 0. The van der Waals surface area contributed by atoms with E-state index in [9.17, 15) is 5.26 Å². The van der Waals surface area contributed by atoms with Crippen molar-refractivity contribution in [3.8, 4) is 22.9 Å². The summed E-state index contributed by atoms with van der Waals surface area (Å²) in [7, 11) is 0. The molecule has 2 atom stereocenters.